The maximum Gasteiger partial charge on any atom is 0.196 e. The Balaban J connectivity index is 1.37. The monoisotopic (exact) mass is 607 g/mol. The molecule has 0 amide bonds. The molecule has 0 heterocycles. The lowest BCUT2D eigenvalue weighted by atomic mass is 10.0. The molecule has 4 aromatic rings. The maximum absolute atomic E-state index is 11.1. The van der Waals surface area contributed by atoms with Crippen LogP contribution in [-0.2, 0) is 17.6 Å². The Morgan fingerprint density at radius 3 is 1.81 bits per heavy atom. The average molecular weight is 609 g/mol. The van der Waals surface area contributed by atoms with Crippen molar-refractivity contribution in [1.82, 2.24) is 4.90 Å². The number of ether oxygens (including phenoxy) is 2. The Morgan fingerprint density at radius 2 is 1.26 bits per heavy atom. The topological polar surface area (TPSA) is 62.2 Å². The van der Waals surface area contributed by atoms with E-state index in [2.05, 4.69) is 24.0 Å². The molecule has 4 atom stereocenters. The van der Waals surface area contributed by atoms with E-state index < -0.39 is 12.2 Å². The molecule has 0 fully saturated rings. The standard InChI is InChI=1S/C35H39Cl2NO4/c1-25(20-28-14-16-33(17-15-28)42-26(2)41-19-18-27-8-4-3-5-9-27)38(23-34(39)29-10-6-12-31(36)21-29)24-35(40)30-11-7-13-32(37)22-30/h3-17,21-22,25-26,34-35,39-40H,18-20,23-24H2,1-2H3/t25-,26?,34?,35?/m0/s1. The molecule has 0 radical (unpaired) electrons. The summed E-state index contributed by atoms with van der Waals surface area (Å²) in [6.45, 7) is 5.24. The quantitative estimate of drug-likeness (QED) is 0.136. The molecule has 7 heteroatoms. The molecule has 3 unspecified atom stereocenters. The van der Waals surface area contributed by atoms with Gasteiger partial charge >= 0.3 is 0 Å². The molecule has 42 heavy (non-hydrogen) atoms. The van der Waals surface area contributed by atoms with E-state index in [0.717, 1.165) is 28.9 Å². The van der Waals surface area contributed by atoms with Crippen molar-refractivity contribution in [2.24, 2.45) is 0 Å². The number of nitrogens with zero attached hydrogens (tertiary/aromatic N) is 1. The maximum atomic E-state index is 11.1. The smallest absolute Gasteiger partial charge is 0.196 e. The number of halogens is 2. The largest absolute Gasteiger partial charge is 0.465 e. The zero-order chi connectivity index (χ0) is 29.9. The molecule has 0 saturated carbocycles. The van der Waals surface area contributed by atoms with Crippen LogP contribution in [0.1, 0.15) is 48.3 Å². The minimum absolute atomic E-state index is 0.0136. The van der Waals surface area contributed by atoms with Gasteiger partial charge in [-0.05, 0) is 85.3 Å². The summed E-state index contributed by atoms with van der Waals surface area (Å²) in [5.41, 5.74) is 3.82. The van der Waals surface area contributed by atoms with E-state index in [1.807, 2.05) is 73.7 Å². The number of benzene rings is 4. The van der Waals surface area contributed by atoms with Crippen molar-refractivity contribution in [3.8, 4) is 5.75 Å². The summed E-state index contributed by atoms with van der Waals surface area (Å²) < 4.78 is 11.8. The highest BCUT2D eigenvalue weighted by atomic mass is 35.5. The molecule has 0 spiro atoms. The first-order chi connectivity index (χ1) is 20.3. The molecule has 0 aliphatic heterocycles. The van der Waals surface area contributed by atoms with E-state index in [9.17, 15) is 10.2 Å². The van der Waals surface area contributed by atoms with Crippen LogP contribution in [0.5, 0.6) is 5.75 Å². The molecule has 2 N–H and O–H groups in total. The molecular weight excluding hydrogens is 569 g/mol. The van der Waals surface area contributed by atoms with Gasteiger partial charge in [0.25, 0.3) is 0 Å². The van der Waals surface area contributed by atoms with Crippen LogP contribution < -0.4 is 4.74 Å². The first-order valence-corrected chi connectivity index (χ1v) is 15.0. The van der Waals surface area contributed by atoms with Gasteiger partial charge in [-0.2, -0.15) is 0 Å². The van der Waals surface area contributed by atoms with Gasteiger partial charge in [0.15, 0.2) is 6.29 Å². The van der Waals surface area contributed by atoms with E-state index in [1.165, 1.54) is 5.56 Å². The highest BCUT2D eigenvalue weighted by Crippen LogP contribution is 2.25. The summed E-state index contributed by atoms with van der Waals surface area (Å²) in [7, 11) is 0. The molecule has 0 aromatic heterocycles. The van der Waals surface area contributed by atoms with Crippen LogP contribution in [0.15, 0.2) is 103 Å². The summed E-state index contributed by atoms with van der Waals surface area (Å²) in [6, 6.07) is 32.7. The zero-order valence-corrected chi connectivity index (χ0v) is 25.6. The van der Waals surface area contributed by atoms with Gasteiger partial charge in [0.05, 0.1) is 18.8 Å². The van der Waals surface area contributed by atoms with Crippen LogP contribution in [0.25, 0.3) is 0 Å². The Kier molecular flexibility index (Phi) is 12.3. The van der Waals surface area contributed by atoms with Crippen LogP contribution in [0.3, 0.4) is 0 Å². The van der Waals surface area contributed by atoms with Crippen molar-refractivity contribution in [3.63, 3.8) is 0 Å². The minimum atomic E-state index is -0.767. The van der Waals surface area contributed by atoms with Crippen LogP contribution in [-0.4, -0.2) is 47.1 Å². The predicted molar refractivity (Wildman–Crippen MR) is 170 cm³/mol. The third-order valence-corrected chi connectivity index (χ3v) is 7.72. The Labute approximate surface area is 259 Å². The SMILES string of the molecule is CC(OCCc1ccccc1)Oc1ccc(C[C@H](C)N(CC(O)c2cccc(Cl)c2)CC(O)c2cccc(Cl)c2)cc1. The van der Waals surface area contributed by atoms with Gasteiger partial charge < -0.3 is 19.7 Å². The van der Waals surface area contributed by atoms with Gasteiger partial charge in [0, 0.05) is 29.2 Å². The van der Waals surface area contributed by atoms with E-state index >= 15 is 0 Å². The highest BCUT2D eigenvalue weighted by Gasteiger charge is 2.23. The zero-order valence-electron chi connectivity index (χ0n) is 24.1. The fourth-order valence-corrected chi connectivity index (χ4v) is 5.30. The van der Waals surface area contributed by atoms with Gasteiger partial charge in [0.2, 0.25) is 0 Å². The molecular formula is C35H39Cl2NO4. The lowest BCUT2D eigenvalue weighted by molar-refractivity contribution is -0.0654. The lowest BCUT2D eigenvalue weighted by Gasteiger charge is -2.33. The van der Waals surface area contributed by atoms with Crippen LogP contribution in [0, 0.1) is 0 Å². The Bertz CT molecular complexity index is 1320. The van der Waals surface area contributed by atoms with Gasteiger partial charge in [-0.3, -0.25) is 4.90 Å². The van der Waals surface area contributed by atoms with E-state index in [4.69, 9.17) is 32.7 Å². The van der Waals surface area contributed by atoms with Gasteiger partial charge in [-0.1, -0.05) is 89.9 Å². The molecule has 0 aliphatic carbocycles. The van der Waals surface area contributed by atoms with E-state index in [0.29, 0.717) is 36.2 Å². The molecule has 222 valence electrons. The van der Waals surface area contributed by atoms with Crippen molar-refractivity contribution >= 4 is 23.2 Å². The third-order valence-electron chi connectivity index (χ3n) is 7.25. The van der Waals surface area contributed by atoms with Gasteiger partial charge in [-0.15, -0.1) is 0 Å². The van der Waals surface area contributed by atoms with E-state index in [1.54, 1.807) is 24.3 Å². The Hall–Kier alpha value is -2.90. The number of hydrogen-bond donors (Lipinski definition) is 2. The van der Waals surface area contributed by atoms with Crippen molar-refractivity contribution in [2.45, 2.75) is 51.2 Å². The Morgan fingerprint density at radius 1 is 0.690 bits per heavy atom. The summed E-state index contributed by atoms with van der Waals surface area (Å²) >= 11 is 12.3. The van der Waals surface area contributed by atoms with Gasteiger partial charge in [0.1, 0.15) is 5.75 Å². The van der Waals surface area contributed by atoms with Crippen molar-refractivity contribution < 1.29 is 19.7 Å². The average Bonchev–Trinajstić information content (AvgIpc) is 2.98. The van der Waals surface area contributed by atoms with Gasteiger partial charge in [-0.25, -0.2) is 0 Å². The van der Waals surface area contributed by atoms with E-state index in [-0.39, 0.29) is 12.3 Å². The van der Waals surface area contributed by atoms with Crippen LogP contribution in [0.4, 0.5) is 0 Å². The van der Waals surface area contributed by atoms with Crippen molar-refractivity contribution in [1.29, 1.82) is 0 Å². The number of aliphatic hydroxyl groups is 2. The third kappa shape index (κ3) is 10.1. The summed E-state index contributed by atoms with van der Waals surface area (Å²) in [5.74, 6) is 0.739. The fraction of sp³-hybridized carbons (Fsp3) is 0.314. The molecule has 0 aliphatic rings. The summed E-state index contributed by atoms with van der Waals surface area (Å²) in [5, 5.41) is 23.3. The lowest BCUT2D eigenvalue weighted by Crippen LogP contribution is -2.40. The second-order valence-electron chi connectivity index (χ2n) is 10.6. The first-order valence-electron chi connectivity index (χ1n) is 14.3. The second-order valence-corrected chi connectivity index (χ2v) is 11.5. The molecule has 4 aromatic carbocycles. The number of rotatable bonds is 15. The van der Waals surface area contributed by atoms with Crippen molar-refractivity contribution in [2.75, 3.05) is 19.7 Å². The first kappa shape index (κ1) is 32.0. The summed E-state index contributed by atoms with van der Waals surface area (Å²) in [6.07, 6.45) is -0.350. The fourth-order valence-electron chi connectivity index (χ4n) is 4.90. The molecule has 4 rings (SSSR count). The number of aliphatic hydroxyl groups excluding tert-OH is 2. The minimum Gasteiger partial charge on any atom is -0.465 e. The summed E-state index contributed by atoms with van der Waals surface area (Å²) in [4.78, 5) is 2.10. The number of hydrogen-bond acceptors (Lipinski definition) is 5. The van der Waals surface area contributed by atoms with Crippen LogP contribution in [0.2, 0.25) is 10.0 Å². The van der Waals surface area contributed by atoms with Crippen LogP contribution >= 0.6 is 23.2 Å². The molecule has 0 bridgehead atoms. The second kappa shape index (κ2) is 16.1. The van der Waals surface area contributed by atoms with Crippen molar-refractivity contribution in [3.05, 3.63) is 135 Å². The molecule has 5 nitrogen and oxygen atoms in total. The normalized spacial score (nSPS) is 14.4. The highest BCUT2D eigenvalue weighted by molar-refractivity contribution is 6.30. The predicted octanol–water partition coefficient (Wildman–Crippen LogP) is 7.68. The molecule has 0 saturated heterocycles.